The van der Waals surface area contributed by atoms with Gasteiger partial charge in [0.15, 0.2) is 0 Å². The number of benzene rings is 3. The van der Waals surface area contributed by atoms with Crippen LogP contribution in [0.2, 0.25) is 5.02 Å². The molecule has 0 fully saturated rings. The topological polar surface area (TPSA) is 49.4 Å². The lowest BCUT2D eigenvalue weighted by Gasteiger charge is -2.33. The van der Waals surface area contributed by atoms with Crippen LogP contribution in [-0.4, -0.2) is 28.8 Å². The van der Waals surface area contributed by atoms with Crippen molar-refractivity contribution in [1.29, 1.82) is 0 Å². The fourth-order valence-corrected chi connectivity index (χ4v) is 4.36. The molecule has 0 saturated carbocycles. The van der Waals surface area contributed by atoms with Gasteiger partial charge in [0.1, 0.15) is 6.04 Å². The molecule has 3 aromatic rings. The summed E-state index contributed by atoms with van der Waals surface area (Å²) in [6.45, 7) is 6.32. The molecule has 3 aromatic carbocycles. The molecule has 35 heavy (non-hydrogen) atoms. The molecule has 0 aliphatic carbocycles. The van der Waals surface area contributed by atoms with Crippen molar-refractivity contribution < 1.29 is 9.59 Å². The number of nitrogens with one attached hydrogen (secondary N) is 1. The van der Waals surface area contributed by atoms with Gasteiger partial charge in [-0.15, -0.1) is 0 Å². The number of amides is 2. The molecule has 184 valence electrons. The van der Waals surface area contributed by atoms with E-state index in [0.29, 0.717) is 18.0 Å². The molecule has 0 aliphatic heterocycles. The van der Waals surface area contributed by atoms with Crippen LogP contribution in [0, 0.1) is 0 Å². The molecule has 0 spiro atoms. The van der Waals surface area contributed by atoms with Gasteiger partial charge >= 0.3 is 0 Å². The lowest BCUT2D eigenvalue weighted by molar-refractivity contribution is -0.141. The van der Waals surface area contributed by atoms with Crippen LogP contribution in [0.1, 0.15) is 62.6 Å². The Kier molecular flexibility index (Phi) is 9.92. The second-order valence-electron chi connectivity index (χ2n) is 8.97. The van der Waals surface area contributed by atoms with Crippen LogP contribution < -0.4 is 5.32 Å². The van der Waals surface area contributed by atoms with Gasteiger partial charge in [-0.25, -0.2) is 0 Å². The average Bonchev–Trinajstić information content (AvgIpc) is 2.89. The molecule has 2 amide bonds. The monoisotopic (exact) mass is 490 g/mol. The van der Waals surface area contributed by atoms with Crippen molar-refractivity contribution in [2.75, 3.05) is 0 Å². The van der Waals surface area contributed by atoms with E-state index in [0.717, 1.165) is 23.1 Å². The molecule has 0 bridgehead atoms. The molecule has 0 saturated heterocycles. The van der Waals surface area contributed by atoms with Crippen LogP contribution in [0.4, 0.5) is 0 Å². The minimum atomic E-state index is -0.556. The third-order valence-corrected chi connectivity index (χ3v) is 6.69. The third-order valence-electron chi connectivity index (χ3n) is 6.44. The summed E-state index contributed by atoms with van der Waals surface area (Å²) in [5.74, 6) is -0.267. The van der Waals surface area contributed by atoms with E-state index >= 15 is 0 Å². The van der Waals surface area contributed by atoms with Gasteiger partial charge < -0.3 is 10.2 Å². The smallest absolute Gasteiger partial charge is 0.243 e. The average molecular weight is 491 g/mol. The Hall–Kier alpha value is -3.11. The molecule has 0 aliphatic rings. The van der Waals surface area contributed by atoms with Crippen LogP contribution in [0.25, 0.3) is 0 Å². The highest BCUT2D eigenvalue weighted by atomic mass is 35.5. The summed E-state index contributed by atoms with van der Waals surface area (Å²) in [4.78, 5) is 28.9. The van der Waals surface area contributed by atoms with Crippen molar-refractivity contribution in [3.63, 3.8) is 0 Å². The molecule has 0 unspecified atom stereocenters. The predicted molar refractivity (Wildman–Crippen MR) is 143 cm³/mol. The van der Waals surface area contributed by atoms with E-state index in [1.165, 1.54) is 0 Å². The van der Waals surface area contributed by atoms with E-state index in [2.05, 4.69) is 29.6 Å². The first-order chi connectivity index (χ1) is 16.9. The van der Waals surface area contributed by atoms with Gasteiger partial charge in [-0.2, -0.15) is 0 Å². The molecule has 3 rings (SSSR count). The fraction of sp³-hybridized carbons (Fsp3) is 0.333. The van der Waals surface area contributed by atoms with E-state index < -0.39 is 6.04 Å². The van der Waals surface area contributed by atoms with E-state index in [1.54, 1.807) is 4.90 Å². The Balaban J connectivity index is 1.94. The summed E-state index contributed by atoms with van der Waals surface area (Å²) >= 11 is 6.08. The normalized spacial score (nSPS) is 12.7. The van der Waals surface area contributed by atoms with Gasteiger partial charge in [0.25, 0.3) is 0 Å². The van der Waals surface area contributed by atoms with Gasteiger partial charge in [0.05, 0.1) is 0 Å². The molecule has 2 atom stereocenters. The summed E-state index contributed by atoms with van der Waals surface area (Å²) in [5.41, 5.74) is 3.10. The number of hydrogen-bond acceptors (Lipinski definition) is 2. The predicted octanol–water partition coefficient (Wildman–Crippen LogP) is 6.58. The molecule has 1 N–H and O–H groups in total. The fourth-order valence-electron chi connectivity index (χ4n) is 4.24. The van der Waals surface area contributed by atoms with E-state index in [-0.39, 0.29) is 30.2 Å². The van der Waals surface area contributed by atoms with Crippen LogP contribution in [-0.2, 0) is 16.1 Å². The van der Waals surface area contributed by atoms with Crippen molar-refractivity contribution in [3.8, 4) is 0 Å². The Morgan fingerprint density at radius 1 is 0.829 bits per heavy atom. The molecule has 4 nitrogen and oxygen atoms in total. The largest absolute Gasteiger partial charge is 0.352 e. The number of hydrogen-bond donors (Lipinski definition) is 1. The zero-order valence-electron chi connectivity index (χ0n) is 20.8. The maximum atomic E-state index is 14.0. The van der Waals surface area contributed by atoms with Crippen molar-refractivity contribution in [2.24, 2.45) is 0 Å². The number of rotatable bonds is 11. The van der Waals surface area contributed by atoms with Gasteiger partial charge in [-0.3, -0.25) is 9.59 Å². The molecular weight excluding hydrogens is 456 g/mol. The van der Waals surface area contributed by atoms with E-state index in [9.17, 15) is 9.59 Å². The van der Waals surface area contributed by atoms with Crippen molar-refractivity contribution in [1.82, 2.24) is 10.2 Å². The Morgan fingerprint density at radius 3 is 1.86 bits per heavy atom. The second kappa shape index (κ2) is 13.1. The highest BCUT2D eigenvalue weighted by Gasteiger charge is 2.31. The summed E-state index contributed by atoms with van der Waals surface area (Å²) in [6, 6.07) is 27.1. The first-order valence-electron chi connectivity index (χ1n) is 12.4. The number of carbonyl (C=O) groups excluding carboxylic acids is 2. The third kappa shape index (κ3) is 7.43. The highest BCUT2D eigenvalue weighted by Crippen LogP contribution is 2.29. The first kappa shape index (κ1) is 26.5. The SMILES string of the molecule is CC[C@@H](C)NC(=O)[C@H](CC)N(Cc1ccc(Cl)cc1)C(=O)CC(c1ccccc1)c1ccccc1. The lowest BCUT2D eigenvalue weighted by Crippen LogP contribution is -2.51. The zero-order valence-corrected chi connectivity index (χ0v) is 21.5. The van der Waals surface area contributed by atoms with Crippen molar-refractivity contribution >= 4 is 23.4 Å². The molecular formula is C30H35ClN2O2. The number of halogens is 1. The zero-order chi connectivity index (χ0) is 25.2. The maximum Gasteiger partial charge on any atom is 0.243 e. The number of carbonyl (C=O) groups is 2. The summed E-state index contributed by atoms with van der Waals surface area (Å²) in [6.07, 6.45) is 1.63. The minimum absolute atomic E-state index is 0.0467. The number of nitrogens with zero attached hydrogens (tertiary/aromatic N) is 1. The Labute approximate surface area is 214 Å². The standard InChI is InChI=1S/C30H35ClN2O2/c1-4-22(3)32-30(35)28(5-2)33(21-23-16-18-26(31)19-17-23)29(34)20-27(24-12-8-6-9-13-24)25-14-10-7-11-15-25/h6-19,22,27-28H,4-5,20-21H2,1-3H3,(H,32,35)/t22-,28+/m1/s1. The molecule has 0 radical (unpaired) electrons. The van der Waals surface area contributed by atoms with Crippen molar-refractivity contribution in [3.05, 3.63) is 107 Å². The van der Waals surface area contributed by atoms with Gasteiger partial charge in [-0.05, 0) is 48.6 Å². The Morgan fingerprint density at radius 2 is 1.37 bits per heavy atom. The summed E-state index contributed by atoms with van der Waals surface area (Å²) < 4.78 is 0. The summed E-state index contributed by atoms with van der Waals surface area (Å²) in [5, 5.41) is 3.71. The van der Waals surface area contributed by atoms with Gasteiger partial charge in [0.2, 0.25) is 11.8 Å². The molecule has 5 heteroatoms. The van der Waals surface area contributed by atoms with Crippen LogP contribution in [0.15, 0.2) is 84.9 Å². The first-order valence-corrected chi connectivity index (χ1v) is 12.7. The van der Waals surface area contributed by atoms with Crippen LogP contribution in [0.3, 0.4) is 0 Å². The van der Waals surface area contributed by atoms with Gasteiger partial charge in [-0.1, -0.05) is 98.2 Å². The Bertz CT molecular complexity index is 1030. The van der Waals surface area contributed by atoms with Crippen LogP contribution >= 0.6 is 11.6 Å². The quantitative estimate of drug-likeness (QED) is 0.330. The maximum absolute atomic E-state index is 14.0. The lowest BCUT2D eigenvalue weighted by atomic mass is 9.88. The van der Waals surface area contributed by atoms with Crippen LogP contribution in [0.5, 0.6) is 0 Å². The second-order valence-corrected chi connectivity index (χ2v) is 9.40. The molecule has 0 aromatic heterocycles. The van der Waals surface area contributed by atoms with Crippen molar-refractivity contribution in [2.45, 2.75) is 64.6 Å². The summed E-state index contributed by atoms with van der Waals surface area (Å²) in [7, 11) is 0. The highest BCUT2D eigenvalue weighted by molar-refractivity contribution is 6.30. The minimum Gasteiger partial charge on any atom is -0.352 e. The molecule has 0 heterocycles. The van der Waals surface area contributed by atoms with Gasteiger partial charge in [0, 0.05) is 29.9 Å². The van der Waals surface area contributed by atoms with E-state index in [1.807, 2.05) is 81.4 Å². The van der Waals surface area contributed by atoms with E-state index in [4.69, 9.17) is 11.6 Å².